The van der Waals surface area contributed by atoms with Gasteiger partial charge in [-0.2, -0.15) is 0 Å². The van der Waals surface area contributed by atoms with Gasteiger partial charge in [0, 0.05) is 58.0 Å². The Morgan fingerprint density at radius 2 is 2.14 bits per heavy atom. The molecule has 6 nitrogen and oxygen atoms in total. The first-order valence-corrected chi connectivity index (χ1v) is 7.45. The lowest BCUT2D eigenvalue weighted by Crippen LogP contribution is -2.47. The predicted octanol–water partition coefficient (Wildman–Crippen LogP) is 0.803. The van der Waals surface area contributed by atoms with E-state index in [4.69, 9.17) is 16.7 Å². The summed E-state index contributed by atoms with van der Waals surface area (Å²) < 4.78 is 0. The summed E-state index contributed by atoms with van der Waals surface area (Å²) in [6.45, 7) is 6.03. The van der Waals surface area contributed by atoms with Crippen LogP contribution >= 0.6 is 11.6 Å². The maximum absolute atomic E-state index is 11.3. The van der Waals surface area contributed by atoms with Crippen LogP contribution in [-0.2, 0) is 11.3 Å². The minimum atomic E-state index is 0.0566. The van der Waals surface area contributed by atoms with Crippen LogP contribution in [0, 0.1) is 0 Å². The molecule has 0 atom stereocenters. The number of carbonyl (C=O) groups is 1. The second-order valence-corrected chi connectivity index (χ2v) is 5.53. The van der Waals surface area contributed by atoms with Gasteiger partial charge in [-0.25, -0.2) is 4.98 Å². The van der Waals surface area contributed by atoms with E-state index in [1.165, 1.54) is 0 Å². The molecule has 0 radical (unpaired) electrons. The first-order chi connectivity index (χ1) is 10.1. The molecule has 21 heavy (non-hydrogen) atoms. The number of anilines is 1. The number of rotatable bonds is 5. The third kappa shape index (κ3) is 4.56. The van der Waals surface area contributed by atoms with Crippen molar-refractivity contribution in [2.24, 2.45) is 0 Å². The van der Waals surface area contributed by atoms with Crippen LogP contribution in [-0.4, -0.2) is 65.1 Å². The van der Waals surface area contributed by atoms with Gasteiger partial charge in [-0.3, -0.25) is 9.69 Å². The molecule has 2 N–H and O–H groups in total. The van der Waals surface area contributed by atoms with Crippen molar-refractivity contribution in [1.29, 1.82) is 0 Å². The van der Waals surface area contributed by atoms with Crippen LogP contribution in [0.2, 0.25) is 5.02 Å². The number of carbonyl (C=O) groups excluding carboxylic acids is 1. The minimum absolute atomic E-state index is 0.0566. The summed E-state index contributed by atoms with van der Waals surface area (Å²) in [4.78, 5) is 19.7. The van der Waals surface area contributed by atoms with Gasteiger partial charge in [0.05, 0.1) is 11.6 Å². The number of hydrogen-bond donors (Lipinski definition) is 2. The summed E-state index contributed by atoms with van der Waals surface area (Å²) in [6, 6.07) is 1.89. The van der Waals surface area contributed by atoms with Gasteiger partial charge >= 0.3 is 0 Å². The van der Waals surface area contributed by atoms with E-state index in [2.05, 4.69) is 15.2 Å². The molecule has 1 fully saturated rings. The highest BCUT2D eigenvalue weighted by atomic mass is 35.5. The molecule has 0 aliphatic carbocycles. The normalized spacial score (nSPS) is 16.0. The molecule has 1 aromatic rings. The van der Waals surface area contributed by atoms with Crippen molar-refractivity contribution < 1.29 is 9.90 Å². The quantitative estimate of drug-likeness (QED) is 0.842. The zero-order valence-electron chi connectivity index (χ0n) is 12.2. The Morgan fingerprint density at radius 1 is 1.43 bits per heavy atom. The number of nitrogens with one attached hydrogen (secondary N) is 1. The van der Waals surface area contributed by atoms with E-state index in [1.54, 1.807) is 13.1 Å². The number of halogens is 1. The van der Waals surface area contributed by atoms with Crippen LogP contribution in [0.15, 0.2) is 12.3 Å². The van der Waals surface area contributed by atoms with Crippen molar-refractivity contribution in [3.05, 3.63) is 22.8 Å². The minimum Gasteiger partial charge on any atom is -0.395 e. The number of amides is 1. The number of pyridine rings is 1. The maximum Gasteiger partial charge on any atom is 0.219 e. The van der Waals surface area contributed by atoms with Crippen molar-refractivity contribution in [3.63, 3.8) is 0 Å². The molecule has 116 valence electrons. The van der Waals surface area contributed by atoms with E-state index in [0.29, 0.717) is 11.6 Å². The van der Waals surface area contributed by atoms with Crippen LogP contribution in [0.3, 0.4) is 0 Å². The van der Waals surface area contributed by atoms with E-state index in [1.807, 2.05) is 11.0 Å². The average molecular weight is 313 g/mol. The largest absolute Gasteiger partial charge is 0.395 e. The third-order valence-corrected chi connectivity index (χ3v) is 3.76. The van der Waals surface area contributed by atoms with E-state index < -0.39 is 0 Å². The Balaban J connectivity index is 1.99. The monoisotopic (exact) mass is 312 g/mol. The van der Waals surface area contributed by atoms with Gasteiger partial charge in [-0.15, -0.1) is 0 Å². The summed E-state index contributed by atoms with van der Waals surface area (Å²) in [5.74, 6) is 0.881. The molecule has 0 spiro atoms. The fraction of sp³-hybridized carbons (Fsp3) is 0.571. The van der Waals surface area contributed by atoms with Crippen LogP contribution in [0.5, 0.6) is 0 Å². The second-order valence-electron chi connectivity index (χ2n) is 5.09. The van der Waals surface area contributed by atoms with Gasteiger partial charge < -0.3 is 15.3 Å². The van der Waals surface area contributed by atoms with Crippen molar-refractivity contribution in [3.8, 4) is 0 Å². The standard InChI is InChI=1S/C14H21ClN4O2/c1-11(21)19-5-3-18(4-6-19)10-12-8-13(15)9-17-14(12)16-2-7-20/h8-9,20H,2-7,10H2,1H3,(H,16,17). The maximum atomic E-state index is 11.3. The lowest BCUT2D eigenvalue weighted by molar-refractivity contribution is -0.130. The first kappa shape index (κ1) is 16.0. The van der Waals surface area contributed by atoms with Crippen molar-refractivity contribution in [2.45, 2.75) is 13.5 Å². The number of piperazine rings is 1. The number of nitrogens with zero attached hydrogens (tertiary/aromatic N) is 3. The highest BCUT2D eigenvalue weighted by molar-refractivity contribution is 6.30. The third-order valence-electron chi connectivity index (χ3n) is 3.55. The van der Waals surface area contributed by atoms with Gasteiger partial charge in [-0.1, -0.05) is 11.6 Å². The molecule has 1 amide bonds. The fourth-order valence-corrected chi connectivity index (χ4v) is 2.58. The molecule has 1 aromatic heterocycles. The first-order valence-electron chi connectivity index (χ1n) is 7.07. The van der Waals surface area contributed by atoms with E-state index >= 15 is 0 Å². The zero-order chi connectivity index (χ0) is 15.2. The Labute approximate surface area is 129 Å². The highest BCUT2D eigenvalue weighted by Crippen LogP contribution is 2.20. The molecule has 0 saturated carbocycles. The summed E-state index contributed by atoms with van der Waals surface area (Å²) >= 11 is 6.02. The SMILES string of the molecule is CC(=O)N1CCN(Cc2cc(Cl)cnc2NCCO)CC1. The van der Waals surface area contributed by atoms with Gasteiger partial charge in [0.25, 0.3) is 0 Å². The molecular weight excluding hydrogens is 292 g/mol. The van der Waals surface area contributed by atoms with Crippen molar-refractivity contribution in [1.82, 2.24) is 14.8 Å². The van der Waals surface area contributed by atoms with E-state index in [0.717, 1.165) is 44.1 Å². The molecule has 2 rings (SSSR count). The Kier molecular flexibility index (Phi) is 5.78. The lowest BCUT2D eigenvalue weighted by atomic mass is 10.2. The van der Waals surface area contributed by atoms with E-state index in [-0.39, 0.29) is 12.5 Å². The predicted molar refractivity (Wildman–Crippen MR) is 82.4 cm³/mol. The molecule has 0 aromatic carbocycles. The molecule has 1 aliphatic heterocycles. The van der Waals surface area contributed by atoms with Crippen LogP contribution < -0.4 is 5.32 Å². The van der Waals surface area contributed by atoms with Gasteiger partial charge in [0.2, 0.25) is 5.91 Å². The zero-order valence-corrected chi connectivity index (χ0v) is 12.9. The summed E-state index contributed by atoms with van der Waals surface area (Å²) in [5.41, 5.74) is 1.01. The van der Waals surface area contributed by atoms with Crippen LogP contribution in [0.25, 0.3) is 0 Å². The summed E-state index contributed by atoms with van der Waals surface area (Å²) in [6.07, 6.45) is 1.60. The Bertz CT molecular complexity index is 490. The summed E-state index contributed by atoms with van der Waals surface area (Å²) in [7, 11) is 0. The molecule has 1 saturated heterocycles. The Hall–Kier alpha value is -1.37. The molecule has 0 unspecified atom stereocenters. The highest BCUT2D eigenvalue weighted by Gasteiger charge is 2.19. The Morgan fingerprint density at radius 3 is 2.76 bits per heavy atom. The van der Waals surface area contributed by atoms with Crippen LogP contribution in [0.1, 0.15) is 12.5 Å². The second kappa shape index (κ2) is 7.59. The van der Waals surface area contributed by atoms with E-state index in [9.17, 15) is 4.79 Å². The topological polar surface area (TPSA) is 68.7 Å². The van der Waals surface area contributed by atoms with Gasteiger partial charge in [0.15, 0.2) is 0 Å². The molecule has 1 aliphatic rings. The van der Waals surface area contributed by atoms with Gasteiger partial charge in [-0.05, 0) is 6.07 Å². The molecule has 2 heterocycles. The fourth-order valence-electron chi connectivity index (χ4n) is 2.40. The van der Waals surface area contributed by atoms with Gasteiger partial charge in [0.1, 0.15) is 5.82 Å². The number of aliphatic hydroxyl groups excluding tert-OH is 1. The smallest absolute Gasteiger partial charge is 0.219 e. The van der Waals surface area contributed by atoms with Crippen LogP contribution in [0.4, 0.5) is 5.82 Å². The molecule has 0 bridgehead atoms. The number of hydrogen-bond acceptors (Lipinski definition) is 5. The molecule has 7 heteroatoms. The lowest BCUT2D eigenvalue weighted by Gasteiger charge is -2.34. The van der Waals surface area contributed by atoms with Crippen molar-refractivity contribution in [2.75, 3.05) is 44.6 Å². The summed E-state index contributed by atoms with van der Waals surface area (Å²) in [5, 5.41) is 12.6. The number of aromatic nitrogens is 1. The van der Waals surface area contributed by atoms with Crippen molar-refractivity contribution >= 4 is 23.3 Å². The molecular formula is C14H21ClN4O2. The average Bonchev–Trinajstić information content (AvgIpc) is 2.47. The number of aliphatic hydroxyl groups is 1.